The van der Waals surface area contributed by atoms with Crippen LogP contribution < -0.4 is 10.1 Å². The maximum Gasteiger partial charge on any atom is 0.336 e. The molecule has 242 valence electrons. The van der Waals surface area contributed by atoms with Crippen LogP contribution in [-0.2, 0) is 19.1 Å². The van der Waals surface area contributed by atoms with Crippen LogP contribution in [0.5, 0.6) is 5.75 Å². The number of nitrogens with zero attached hydrogens (tertiary/aromatic N) is 3. The number of hydrogen-bond acceptors (Lipinski definition) is 11. The molecule has 0 aliphatic carbocycles. The Bertz CT molecular complexity index is 1450. The predicted octanol–water partition coefficient (Wildman–Crippen LogP) is 3.30. The lowest BCUT2D eigenvalue weighted by atomic mass is 9.80. The molecule has 0 amide bonds. The molecular formula is C33H42N4O8. The molecule has 1 fully saturated rings. The second kappa shape index (κ2) is 15.6. The molecule has 0 radical (unpaired) electrons. The first-order chi connectivity index (χ1) is 21.6. The third-order valence-electron chi connectivity index (χ3n) is 8.11. The first-order valence-electron chi connectivity index (χ1n) is 15.1. The van der Waals surface area contributed by atoms with E-state index in [0.717, 1.165) is 44.0 Å². The van der Waals surface area contributed by atoms with Crippen molar-refractivity contribution in [3.05, 3.63) is 92.3 Å². The molecule has 2 aliphatic heterocycles. The SMILES string of the molecule is COC(=O)C1=C(C)NC(C)=C(C(=O)OCCCN2CCN(CC(O)COc3ccccc3C)CC2)C1c1cccc([N+](=O)[O-])c1. The molecule has 2 heterocycles. The predicted molar refractivity (Wildman–Crippen MR) is 168 cm³/mol. The molecule has 2 aromatic rings. The molecule has 12 heteroatoms. The molecule has 2 aromatic carbocycles. The van der Waals surface area contributed by atoms with Crippen LogP contribution in [0.1, 0.15) is 37.3 Å². The Morgan fingerprint density at radius 1 is 1.00 bits per heavy atom. The van der Waals surface area contributed by atoms with E-state index in [2.05, 4.69) is 15.1 Å². The number of carbonyl (C=O) groups is 2. The normalized spacial score (nSPS) is 18.3. The zero-order valence-electron chi connectivity index (χ0n) is 26.3. The van der Waals surface area contributed by atoms with Gasteiger partial charge in [-0.2, -0.15) is 0 Å². The summed E-state index contributed by atoms with van der Waals surface area (Å²) in [6.45, 7) is 10.3. The molecule has 2 aliphatic rings. The number of benzene rings is 2. The summed E-state index contributed by atoms with van der Waals surface area (Å²) in [5.74, 6) is -1.35. The van der Waals surface area contributed by atoms with Gasteiger partial charge in [-0.15, -0.1) is 0 Å². The average molecular weight is 623 g/mol. The van der Waals surface area contributed by atoms with Crippen molar-refractivity contribution in [2.45, 2.75) is 39.2 Å². The quantitative estimate of drug-likeness (QED) is 0.147. The smallest absolute Gasteiger partial charge is 0.336 e. The Morgan fingerprint density at radius 2 is 1.67 bits per heavy atom. The number of esters is 2. The van der Waals surface area contributed by atoms with Crippen molar-refractivity contribution in [1.29, 1.82) is 0 Å². The number of aliphatic hydroxyl groups is 1. The van der Waals surface area contributed by atoms with E-state index < -0.39 is 28.9 Å². The highest BCUT2D eigenvalue weighted by molar-refractivity contribution is 5.99. The van der Waals surface area contributed by atoms with Gasteiger partial charge in [0.2, 0.25) is 0 Å². The van der Waals surface area contributed by atoms with Gasteiger partial charge in [0.15, 0.2) is 0 Å². The average Bonchev–Trinajstić information content (AvgIpc) is 3.02. The molecule has 2 unspecified atom stereocenters. The highest BCUT2D eigenvalue weighted by Crippen LogP contribution is 2.40. The number of nitrogens with one attached hydrogen (secondary N) is 1. The van der Waals surface area contributed by atoms with E-state index >= 15 is 0 Å². The number of carbonyl (C=O) groups excluding carboxylic acids is 2. The van der Waals surface area contributed by atoms with Gasteiger partial charge < -0.3 is 29.5 Å². The van der Waals surface area contributed by atoms with Gasteiger partial charge in [0.1, 0.15) is 18.5 Å². The topological polar surface area (TPSA) is 144 Å². The fourth-order valence-corrected chi connectivity index (χ4v) is 5.78. The number of ether oxygens (including phenoxy) is 3. The van der Waals surface area contributed by atoms with Crippen LogP contribution in [0, 0.1) is 17.0 Å². The van der Waals surface area contributed by atoms with Crippen molar-refractivity contribution < 1.29 is 33.8 Å². The van der Waals surface area contributed by atoms with Crippen LogP contribution in [0.3, 0.4) is 0 Å². The number of non-ortho nitro benzene ring substituents is 1. The molecular weight excluding hydrogens is 580 g/mol. The second-order valence-electron chi connectivity index (χ2n) is 11.3. The molecule has 2 atom stereocenters. The lowest BCUT2D eigenvalue weighted by Gasteiger charge is -2.35. The lowest BCUT2D eigenvalue weighted by molar-refractivity contribution is -0.384. The number of β-amino-alcohol motifs (C(OH)–C–C–N with tert-alkyl or cyclic N) is 1. The zero-order valence-corrected chi connectivity index (χ0v) is 26.3. The molecule has 1 saturated heterocycles. The molecule has 4 rings (SSSR count). The number of nitro groups is 1. The standard InChI is InChI=1S/C33H42N4O8/c1-22-9-5-6-12-28(22)45-21-27(38)20-36-16-14-35(15-17-36)13-8-18-44-33(40)30-24(3)34-23(2)29(32(39)43-4)31(30)25-10-7-11-26(19-25)37(41)42/h5-7,9-12,19,27,31,34,38H,8,13-18,20-21H2,1-4H3. The van der Waals surface area contributed by atoms with E-state index in [4.69, 9.17) is 14.2 Å². The van der Waals surface area contributed by atoms with E-state index in [1.54, 1.807) is 19.9 Å². The number of nitro benzene ring substituents is 1. The van der Waals surface area contributed by atoms with Crippen LogP contribution >= 0.6 is 0 Å². The zero-order chi connectivity index (χ0) is 32.5. The summed E-state index contributed by atoms with van der Waals surface area (Å²) in [6, 6.07) is 13.6. The van der Waals surface area contributed by atoms with E-state index in [1.807, 2.05) is 31.2 Å². The third-order valence-corrected chi connectivity index (χ3v) is 8.11. The Hall–Kier alpha value is -4.26. The van der Waals surface area contributed by atoms with Gasteiger partial charge in [0.05, 0.1) is 35.7 Å². The highest BCUT2D eigenvalue weighted by Gasteiger charge is 2.38. The summed E-state index contributed by atoms with van der Waals surface area (Å²) < 4.78 is 16.5. The maximum absolute atomic E-state index is 13.5. The number of allylic oxidation sites excluding steroid dienone is 2. The summed E-state index contributed by atoms with van der Waals surface area (Å²) in [7, 11) is 1.25. The van der Waals surface area contributed by atoms with E-state index in [-0.39, 0.29) is 30.0 Å². The third kappa shape index (κ3) is 8.68. The molecule has 0 saturated carbocycles. The van der Waals surface area contributed by atoms with Crippen molar-refractivity contribution in [3.63, 3.8) is 0 Å². The van der Waals surface area contributed by atoms with Crippen molar-refractivity contribution in [2.75, 3.05) is 59.6 Å². The molecule has 45 heavy (non-hydrogen) atoms. The Balaban J connectivity index is 1.28. The van der Waals surface area contributed by atoms with Crippen LogP contribution in [-0.4, -0.2) is 97.5 Å². The van der Waals surface area contributed by atoms with Crippen LogP contribution in [0.25, 0.3) is 0 Å². The van der Waals surface area contributed by atoms with Gasteiger partial charge in [0, 0.05) is 62.8 Å². The second-order valence-corrected chi connectivity index (χ2v) is 11.3. The van der Waals surface area contributed by atoms with E-state index in [1.165, 1.54) is 25.3 Å². The summed E-state index contributed by atoms with van der Waals surface area (Å²) in [6.07, 6.45) is 0.0188. The van der Waals surface area contributed by atoms with Crippen molar-refractivity contribution >= 4 is 17.6 Å². The van der Waals surface area contributed by atoms with Crippen molar-refractivity contribution in [3.8, 4) is 5.75 Å². The summed E-state index contributed by atoms with van der Waals surface area (Å²) in [5, 5.41) is 25.0. The minimum Gasteiger partial charge on any atom is -0.491 e. The molecule has 0 spiro atoms. The first-order valence-corrected chi connectivity index (χ1v) is 15.1. The van der Waals surface area contributed by atoms with Gasteiger partial charge in [-0.1, -0.05) is 30.3 Å². The Morgan fingerprint density at radius 3 is 2.33 bits per heavy atom. The fourth-order valence-electron chi connectivity index (χ4n) is 5.78. The van der Waals surface area contributed by atoms with Crippen LogP contribution in [0.2, 0.25) is 0 Å². The molecule has 0 bridgehead atoms. The fraction of sp³-hybridized carbons (Fsp3) is 0.455. The summed E-state index contributed by atoms with van der Waals surface area (Å²) in [5.41, 5.74) is 2.71. The summed E-state index contributed by atoms with van der Waals surface area (Å²) >= 11 is 0. The Labute approximate surface area is 263 Å². The number of dihydropyridines is 1. The van der Waals surface area contributed by atoms with Crippen LogP contribution in [0.4, 0.5) is 5.69 Å². The number of aryl methyl sites for hydroxylation is 1. The minimum absolute atomic E-state index is 0.150. The van der Waals surface area contributed by atoms with Gasteiger partial charge >= 0.3 is 11.9 Å². The lowest BCUT2D eigenvalue weighted by Crippen LogP contribution is -2.49. The van der Waals surface area contributed by atoms with Crippen LogP contribution in [0.15, 0.2) is 71.1 Å². The molecule has 2 N–H and O–H groups in total. The largest absolute Gasteiger partial charge is 0.491 e. The number of methoxy groups -OCH3 is 1. The number of hydrogen-bond donors (Lipinski definition) is 2. The Kier molecular flexibility index (Phi) is 11.7. The maximum atomic E-state index is 13.5. The van der Waals surface area contributed by atoms with Gasteiger partial charge in [-0.05, 0) is 44.4 Å². The van der Waals surface area contributed by atoms with E-state index in [9.17, 15) is 24.8 Å². The molecule has 12 nitrogen and oxygen atoms in total. The number of para-hydroxylation sites is 1. The molecule has 0 aromatic heterocycles. The van der Waals surface area contributed by atoms with Crippen molar-refractivity contribution in [2.24, 2.45) is 0 Å². The highest BCUT2D eigenvalue weighted by atomic mass is 16.6. The van der Waals surface area contributed by atoms with Gasteiger partial charge in [0.25, 0.3) is 5.69 Å². The number of piperazine rings is 1. The monoisotopic (exact) mass is 622 g/mol. The van der Waals surface area contributed by atoms with Gasteiger partial charge in [-0.25, -0.2) is 9.59 Å². The minimum atomic E-state index is -0.892. The van der Waals surface area contributed by atoms with E-state index in [0.29, 0.717) is 29.9 Å². The van der Waals surface area contributed by atoms with Gasteiger partial charge in [-0.3, -0.25) is 15.0 Å². The number of rotatable bonds is 13. The summed E-state index contributed by atoms with van der Waals surface area (Å²) in [4.78, 5) is 41.7. The number of aliphatic hydroxyl groups excluding tert-OH is 1. The first kappa shape index (κ1) is 33.6. The van der Waals surface area contributed by atoms with Crippen molar-refractivity contribution in [1.82, 2.24) is 15.1 Å².